The number of nitrogens with zero attached hydrogens (tertiary/aromatic N) is 3. The molecule has 120 valence electrons. The van der Waals surface area contributed by atoms with Gasteiger partial charge in [-0.25, -0.2) is 9.97 Å². The smallest absolute Gasteiger partial charge is 0.251 e. The lowest BCUT2D eigenvalue weighted by atomic mass is 10.1. The highest BCUT2D eigenvalue weighted by Crippen LogP contribution is 2.24. The van der Waals surface area contributed by atoms with Gasteiger partial charge in [0.15, 0.2) is 0 Å². The molecule has 3 rings (SSSR count). The summed E-state index contributed by atoms with van der Waals surface area (Å²) in [5.41, 5.74) is 7.73. The fourth-order valence-corrected chi connectivity index (χ4v) is 3.38. The number of hydrogen-bond donors (Lipinski definition) is 2. The first kappa shape index (κ1) is 15.6. The van der Waals surface area contributed by atoms with Crippen molar-refractivity contribution in [1.82, 2.24) is 14.9 Å². The van der Waals surface area contributed by atoms with Gasteiger partial charge in [-0.05, 0) is 30.4 Å². The molecule has 1 aliphatic heterocycles. The maximum Gasteiger partial charge on any atom is 0.251 e. The number of nitrogens with two attached hydrogens (primary N) is 1. The normalized spacial score (nSPS) is 15.7. The Hall–Kier alpha value is -2.32. The molecule has 8 heteroatoms. The number of fused-ring (bicyclic) bond motifs is 1. The first-order chi connectivity index (χ1) is 11.1. The van der Waals surface area contributed by atoms with Crippen LogP contribution in [-0.4, -0.2) is 39.3 Å². The lowest BCUT2D eigenvalue weighted by Gasteiger charge is -2.31. The number of carbonyl (C=O) groups excluding carboxylic acids is 2. The van der Waals surface area contributed by atoms with Crippen LogP contribution in [0.2, 0.25) is 0 Å². The molecule has 7 nitrogen and oxygen atoms in total. The Bertz CT molecular complexity index is 745. The molecule has 0 saturated heterocycles. The first-order valence-electron chi connectivity index (χ1n) is 7.26. The van der Waals surface area contributed by atoms with Crippen LogP contribution in [0.5, 0.6) is 0 Å². The van der Waals surface area contributed by atoms with Crippen molar-refractivity contribution in [3.63, 3.8) is 0 Å². The van der Waals surface area contributed by atoms with E-state index in [9.17, 15) is 9.59 Å². The van der Waals surface area contributed by atoms with Gasteiger partial charge in [0, 0.05) is 19.3 Å². The minimum atomic E-state index is -0.544. The SMILES string of the molecule is C[C@H](C(=O)Nc1sccc1C(N)=O)N1CCc2cncnc2C1. The molecule has 2 aromatic rings. The van der Waals surface area contributed by atoms with Crippen LogP contribution < -0.4 is 11.1 Å². The third-order valence-corrected chi connectivity index (χ3v) is 4.83. The second-order valence-electron chi connectivity index (χ2n) is 5.41. The molecule has 1 aliphatic rings. The molecular formula is C15H17N5O2S. The van der Waals surface area contributed by atoms with Crippen molar-refractivity contribution in [1.29, 1.82) is 0 Å². The van der Waals surface area contributed by atoms with Crippen molar-refractivity contribution in [3.8, 4) is 0 Å². The summed E-state index contributed by atoms with van der Waals surface area (Å²) >= 11 is 1.29. The maximum atomic E-state index is 12.5. The molecule has 23 heavy (non-hydrogen) atoms. The zero-order chi connectivity index (χ0) is 16.4. The zero-order valence-corrected chi connectivity index (χ0v) is 13.5. The molecule has 0 bridgehead atoms. The third-order valence-electron chi connectivity index (χ3n) is 4.00. The van der Waals surface area contributed by atoms with Crippen LogP contribution in [0.3, 0.4) is 0 Å². The van der Waals surface area contributed by atoms with Crippen molar-refractivity contribution in [3.05, 3.63) is 40.8 Å². The van der Waals surface area contributed by atoms with Gasteiger partial charge in [0.1, 0.15) is 11.3 Å². The summed E-state index contributed by atoms with van der Waals surface area (Å²) in [5.74, 6) is -0.703. The summed E-state index contributed by atoms with van der Waals surface area (Å²) in [5, 5.41) is 5.02. The lowest BCUT2D eigenvalue weighted by Crippen LogP contribution is -2.44. The van der Waals surface area contributed by atoms with Crippen molar-refractivity contribution in [2.24, 2.45) is 5.73 Å². The molecule has 0 aromatic carbocycles. The standard InChI is InChI=1S/C15H17N5O2S/c1-9(14(22)19-15-11(13(16)21)3-5-23-15)20-4-2-10-6-17-8-18-12(10)7-20/h3,5-6,8-9H,2,4,7H2,1H3,(H2,16,21)(H,19,22)/t9-/m1/s1. The maximum absolute atomic E-state index is 12.5. The number of thiophene rings is 1. The number of anilines is 1. The minimum absolute atomic E-state index is 0.160. The molecule has 3 N–H and O–H groups in total. The van der Waals surface area contributed by atoms with Crippen LogP contribution in [0.4, 0.5) is 5.00 Å². The molecule has 0 fully saturated rings. The van der Waals surface area contributed by atoms with Gasteiger partial charge in [0.05, 0.1) is 17.3 Å². The van der Waals surface area contributed by atoms with E-state index < -0.39 is 5.91 Å². The molecule has 0 radical (unpaired) electrons. The van der Waals surface area contributed by atoms with Gasteiger partial charge in [-0.2, -0.15) is 0 Å². The van der Waals surface area contributed by atoms with Crippen molar-refractivity contribution in [2.45, 2.75) is 25.9 Å². The Labute approximate surface area is 137 Å². The van der Waals surface area contributed by atoms with E-state index in [2.05, 4.69) is 20.2 Å². The van der Waals surface area contributed by atoms with Gasteiger partial charge in [-0.1, -0.05) is 0 Å². The molecule has 0 saturated carbocycles. The van der Waals surface area contributed by atoms with E-state index in [1.807, 2.05) is 13.1 Å². The summed E-state index contributed by atoms with van der Waals surface area (Å²) in [6.07, 6.45) is 4.17. The highest BCUT2D eigenvalue weighted by atomic mass is 32.1. The van der Waals surface area contributed by atoms with E-state index in [-0.39, 0.29) is 11.9 Å². The summed E-state index contributed by atoms with van der Waals surface area (Å²) in [7, 11) is 0. The van der Waals surface area contributed by atoms with E-state index in [4.69, 9.17) is 5.73 Å². The summed E-state index contributed by atoms with van der Waals surface area (Å²) in [6, 6.07) is 1.28. The largest absolute Gasteiger partial charge is 0.366 e. The Kier molecular flexibility index (Phi) is 4.35. The Morgan fingerprint density at radius 3 is 3.09 bits per heavy atom. The van der Waals surface area contributed by atoms with Crippen molar-refractivity contribution in [2.75, 3.05) is 11.9 Å². The predicted octanol–water partition coefficient (Wildman–Crippen LogP) is 1.02. The van der Waals surface area contributed by atoms with Gasteiger partial charge in [0.2, 0.25) is 5.91 Å². The molecule has 3 heterocycles. The Morgan fingerprint density at radius 2 is 2.30 bits per heavy atom. The third kappa shape index (κ3) is 3.22. The quantitative estimate of drug-likeness (QED) is 0.871. The topological polar surface area (TPSA) is 101 Å². The lowest BCUT2D eigenvalue weighted by molar-refractivity contribution is -0.121. The number of primary amides is 1. The van der Waals surface area contributed by atoms with Crippen LogP contribution >= 0.6 is 11.3 Å². The molecule has 2 aromatic heterocycles. The number of amides is 2. The highest BCUT2D eigenvalue weighted by Gasteiger charge is 2.27. The average Bonchev–Trinajstić information content (AvgIpc) is 3.02. The fraction of sp³-hybridized carbons (Fsp3) is 0.333. The van der Waals surface area contributed by atoms with E-state index in [0.29, 0.717) is 17.1 Å². The summed E-state index contributed by atoms with van der Waals surface area (Å²) in [4.78, 5) is 34.2. The minimum Gasteiger partial charge on any atom is -0.366 e. The van der Waals surface area contributed by atoms with Gasteiger partial charge in [-0.3, -0.25) is 14.5 Å². The van der Waals surface area contributed by atoms with Crippen LogP contribution in [0.25, 0.3) is 0 Å². The number of rotatable bonds is 4. The van der Waals surface area contributed by atoms with E-state index in [1.165, 1.54) is 17.7 Å². The molecular weight excluding hydrogens is 314 g/mol. The first-order valence-corrected chi connectivity index (χ1v) is 8.14. The second-order valence-corrected chi connectivity index (χ2v) is 6.32. The zero-order valence-electron chi connectivity index (χ0n) is 12.7. The number of hydrogen-bond acceptors (Lipinski definition) is 6. The molecule has 0 aliphatic carbocycles. The van der Waals surface area contributed by atoms with Gasteiger partial charge < -0.3 is 11.1 Å². The predicted molar refractivity (Wildman–Crippen MR) is 87.1 cm³/mol. The van der Waals surface area contributed by atoms with E-state index in [1.54, 1.807) is 11.4 Å². The summed E-state index contributed by atoms with van der Waals surface area (Å²) in [6.45, 7) is 3.22. The molecule has 1 atom stereocenters. The number of nitrogens with one attached hydrogen (secondary N) is 1. The molecule has 0 spiro atoms. The van der Waals surface area contributed by atoms with Crippen LogP contribution in [0, 0.1) is 0 Å². The second kappa shape index (κ2) is 6.43. The van der Waals surface area contributed by atoms with Crippen molar-refractivity contribution >= 4 is 28.2 Å². The van der Waals surface area contributed by atoms with Crippen LogP contribution in [-0.2, 0) is 17.8 Å². The molecule has 0 unspecified atom stereocenters. The van der Waals surface area contributed by atoms with Crippen molar-refractivity contribution < 1.29 is 9.59 Å². The number of carbonyl (C=O) groups is 2. The van der Waals surface area contributed by atoms with E-state index in [0.717, 1.165) is 24.2 Å². The van der Waals surface area contributed by atoms with Crippen LogP contribution in [0.1, 0.15) is 28.5 Å². The Balaban J connectivity index is 1.69. The van der Waals surface area contributed by atoms with Crippen LogP contribution in [0.15, 0.2) is 24.0 Å². The van der Waals surface area contributed by atoms with Gasteiger partial charge >= 0.3 is 0 Å². The molecule has 2 amide bonds. The van der Waals surface area contributed by atoms with E-state index >= 15 is 0 Å². The Morgan fingerprint density at radius 1 is 1.48 bits per heavy atom. The number of aromatic nitrogens is 2. The fourth-order valence-electron chi connectivity index (χ4n) is 2.58. The monoisotopic (exact) mass is 331 g/mol. The highest BCUT2D eigenvalue weighted by molar-refractivity contribution is 7.14. The average molecular weight is 331 g/mol. The van der Waals surface area contributed by atoms with Gasteiger partial charge in [0.25, 0.3) is 5.91 Å². The van der Waals surface area contributed by atoms with Gasteiger partial charge in [-0.15, -0.1) is 11.3 Å². The summed E-state index contributed by atoms with van der Waals surface area (Å²) < 4.78 is 0.